The third kappa shape index (κ3) is 2.42. The normalized spacial score (nSPS) is 11.6. The quantitative estimate of drug-likeness (QED) is 0.759. The first-order chi connectivity index (χ1) is 5.90. The van der Waals surface area contributed by atoms with Crippen LogP contribution >= 0.6 is 0 Å². The van der Waals surface area contributed by atoms with Crippen LogP contribution in [0.2, 0.25) is 0 Å². The molecule has 0 spiro atoms. The van der Waals surface area contributed by atoms with Gasteiger partial charge in [0, 0.05) is 0 Å². The molecule has 1 aromatic heterocycles. The highest BCUT2D eigenvalue weighted by atomic mass is 19.4. The molecule has 0 radical (unpaired) electrons. The van der Waals surface area contributed by atoms with Gasteiger partial charge in [-0.25, -0.2) is 9.42 Å². The fourth-order valence-corrected chi connectivity index (χ4v) is 0.675. The van der Waals surface area contributed by atoms with Crippen LogP contribution in [0.4, 0.5) is 13.2 Å². The van der Waals surface area contributed by atoms with Crippen LogP contribution < -0.4 is 0 Å². The second kappa shape index (κ2) is 3.04. The molecule has 0 amide bonds. The molecule has 0 bridgehead atoms. The largest absolute Gasteiger partial charge is 0.476 e. The molecule has 1 N–H and O–H groups in total. The summed E-state index contributed by atoms with van der Waals surface area (Å²) in [5, 5.41) is 14.0. The molecule has 72 valence electrons. The van der Waals surface area contributed by atoms with Crippen molar-refractivity contribution in [1.82, 2.24) is 10.3 Å². The van der Waals surface area contributed by atoms with E-state index in [4.69, 9.17) is 5.11 Å². The Labute approximate surface area is 69.1 Å². The molecular formula is C5H3F3N2O3. The number of carboxylic acid groups (broad SMARTS) is 1. The minimum atomic E-state index is -4.53. The second-order valence-electron chi connectivity index (χ2n) is 2.16. The zero-order valence-corrected chi connectivity index (χ0v) is 6.00. The van der Waals surface area contributed by atoms with Crippen LogP contribution in [0.5, 0.6) is 0 Å². The number of alkyl halides is 3. The molecule has 13 heavy (non-hydrogen) atoms. The van der Waals surface area contributed by atoms with Crippen LogP contribution in [-0.4, -0.2) is 27.6 Å². The van der Waals surface area contributed by atoms with Gasteiger partial charge in [-0.1, -0.05) is 5.16 Å². The van der Waals surface area contributed by atoms with Gasteiger partial charge in [0.1, 0.15) is 5.69 Å². The Bertz CT molecular complexity index is 319. The molecule has 0 aliphatic rings. The van der Waals surface area contributed by atoms with Crippen LogP contribution in [0.15, 0.2) is 4.63 Å². The first kappa shape index (κ1) is 9.49. The van der Waals surface area contributed by atoms with Crippen molar-refractivity contribution >= 4 is 5.97 Å². The number of aromatic nitrogens is 2. The number of halogens is 3. The first-order valence-electron chi connectivity index (χ1n) is 3.01. The molecule has 0 aromatic carbocycles. The van der Waals surface area contributed by atoms with Gasteiger partial charge >= 0.3 is 12.1 Å². The smallest absolute Gasteiger partial charge is 0.394 e. The molecule has 0 saturated carbocycles. The lowest BCUT2D eigenvalue weighted by Gasteiger charge is -2.01. The summed E-state index contributed by atoms with van der Waals surface area (Å²) in [6.07, 6.45) is -5.99. The summed E-state index contributed by atoms with van der Waals surface area (Å²) in [5.74, 6) is -1.60. The SMILES string of the molecule is O=C(O)c1nonc1CC(F)(F)F. The average molecular weight is 196 g/mol. The van der Waals surface area contributed by atoms with Gasteiger partial charge in [-0.3, -0.25) is 0 Å². The third-order valence-corrected chi connectivity index (χ3v) is 1.13. The van der Waals surface area contributed by atoms with Crippen LogP contribution in [0, 0.1) is 0 Å². The van der Waals surface area contributed by atoms with Gasteiger partial charge < -0.3 is 5.11 Å². The third-order valence-electron chi connectivity index (χ3n) is 1.13. The van der Waals surface area contributed by atoms with Crippen molar-refractivity contribution in [2.24, 2.45) is 0 Å². The zero-order chi connectivity index (χ0) is 10.1. The fourth-order valence-electron chi connectivity index (χ4n) is 0.675. The van der Waals surface area contributed by atoms with Crippen LogP contribution in [-0.2, 0) is 6.42 Å². The van der Waals surface area contributed by atoms with Crippen molar-refractivity contribution in [3.63, 3.8) is 0 Å². The topological polar surface area (TPSA) is 76.2 Å². The summed E-state index contributed by atoms with van der Waals surface area (Å²) >= 11 is 0. The van der Waals surface area contributed by atoms with Crippen LogP contribution in [0.1, 0.15) is 16.2 Å². The van der Waals surface area contributed by atoms with E-state index in [0.717, 1.165) is 0 Å². The Morgan fingerprint density at radius 3 is 2.54 bits per heavy atom. The van der Waals surface area contributed by atoms with Gasteiger partial charge in [0.25, 0.3) is 0 Å². The second-order valence-corrected chi connectivity index (χ2v) is 2.16. The Morgan fingerprint density at radius 2 is 2.08 bits per heavy atom. The minimum Gasteiger partial charge on any atom is -0.476 e. The average Bonchev–Trinajstić information content (AvgIpc) is 2.31. The monoisotopic (exact) mass is 196 g/mol. The van der Waals surface area contributed by atoms with Crippen molar-refractivity contribution < 1.29 is 27.7 Å². The van der Waals surface area contributed by atoms with E-state index in [2.05, 4.69) is 14.9 Å². The molecule has 0 atom stereocenters. The van der Waals surface area contributed by atoms with Gasteiger partial charge in [0.05, 0.1) is 6.42 Å². The summed E-state index contributed by atoms with van der Waals surface area (Å²) in [6, 6.07) is 0. The van der Waals surface area contributed by atoms with Crippen molar-refractivity contribution in [2.75, 3.05) is 0 Å². The minimum absolute atomic E-state index is 0.722. The lowest BCUT2D eigenvalue weighted by Crippen LogP contribution is -2.14. The maximum absolute atomic E-state index is 11.8. The lowest BCUT2D eigenvalue weighted by atomic mass is 10.2. The molecule has 5 nitrogen and oxygen atoms in total. The number of carboxylic acids is 1. The molecule has 1 aromatic rings. The van der Waals surface area contributed by atoms with Gasteiger partial charge in [0.15, 0.2) is 0 Å². The van der Waals surface area contributed by atoms with Crippen molar-refractivity contribution in [1.29, 1.82) is 0 Å². The van der Waals surface area contributed by atoms with Crippen LogP contribution in [0.25, 0.3) is 0 Å². The Morgan fingerprint density at radius 1 is 1.46 bits per heavy atom. The lowest BCUT2D eigenvalue weighted by molar-refractivity contribution is -0.128. The summed E-state index contributed by atoms with van der Waals surface area (Å²) in [6.45, 7) is 0. The van der Waals surface area contributed by atoms with Gasteiger partial charge in [0.2, 0.25) is 5.69 Å². The molecule has 1 heterocycles. The first-order valence-corrected chi connectivity index (χ1v) is 3.01. The van der Waals surface area contributed by atoms with E-state index in [-0.39, 0.29) is 0 Å². The highest BCUT2D eigenvalue weighted by molar-refractivity contribution is 5.86. The maximum Gasteiger partial charge on any atom is 0.394 e. The van der Waals surface area contributed by atoms with E-state index in [1.807, 2.05) is 0 Å². The predicted octanol–water partition coefficient (Wildman–Crippen LogP) is 0.873. The standard InChI is InChI=1S/C5H3F3N2O3/c6-5(7,8)1-2-3(4(11)12)10-13-9-2/h1H2,(H,11,12). The Hall–Kier alpha value is -1.60. The Balaban J connectivity index is 2.89. The van der Waals surface area contributed by atoms with E-state index in [0.29, 0.717) is 0 Å². The number of carbonyl (C=O) groups is 1. The van der Waals surface area contributed by atoms with Crippen LogP contribution in [0.3, 0.4) is 0 Å². The molecule has 0 unspecified atom stereocenters. The summed E-state index contributed by atoms with van der Waals surface area (Å²) in [5.41, 5.74) is -1.53. The fraction of sp³-hybridized carbons (Fsp3) is 0.400. The summed E-state index contributed by atoms with van der Waals surface area (Å²) in [7, 11) is 0. The molecule has 8 heteroatoms. The van der Waals surface area contributed by atoms with Crippen molar-refractivity contribution in [3.05, 3.63) is 11.4 Å². The van der Waals surface area contributed by atoms with E-state index >= 15 is 0 Å². The van der Waals surface area contributed by atoms with Gasteiger partial charge in [-0.15, -0.1) is 0 Å². The van der Waals surface area contributed by atoms with E-state index in [1.54, 1.807) is 0 Å². The van der Waals surface area contributed by atoms with Crippen molar-refractivity contribution in [3.8, 4) is 0 Å². The van der Waals surface area contributed by atoms with E-state index in [9.17, 15) is 18.0 Å². The number of rotatable bonds is 2. The summed E-state index contributed by atoms with van der Waals surface area (Å²) in [4.78, 5) is 10.2. The molecule has 0 aliphatic carbocycles. The number of hydrogen-bond donors (Lipinski definition) is 1. The molecule has 0 aliphatic heterocycles. The predicted molar refractivity (Wildman–Crippen MR) is 31.0 cm³/mol. The number of hydrogen-bond acceptors (Lipinski definition) is 4. The molecular weight excluding hydrogens is 193 g/mol. The molecule has 0 saturated heterocycles. The maximum atomic E-state index is 11.8. The highest BCUT2D eigenvalue weighted by Gasteiger charge is 2.33. The van der Waals surface area contributed by atoms with E-state index in [1.165, 1.54) is 0 Å². The molecule has 1 rings (SSSR count). The Kier molecular flexibility index (Phi) is 2.22. The summed E-state index contributed by atoms with van der Waals surface area (Å²) < 4.78 is 39.2. The van der Waals surface area contributed by atoms with E-state index < -0.39 is 30.0 Å². The van der Waals surface area contributed by atoms with Gasteiger partial charge in [-0.05, 0) is 5.16 Å². The number of nitrogens with zero attached hydrogens (tertiary/aromatic N) is 2. The zero-order valence-electron chi connectivity index (χ0n) is 6.00. The number of aromatic carboxylic acids is 1. The van der Waals surface area contributed by atoms with Crippen molar-refractivity contribution in [2.45, 2.75) is 12.6 Å². The van der Waals surface area contributed by atoms with Gasteiger partial charge in [-0.2, -0.15) is 13.2 Å². The highest BCUT2D eigenvalue weighted by Crippen LogP contribution is 2.21. The molecule has 0 fully saturated rings.